The first-order valence-corrected chi connectivity index (χ1v) is 11.3. The highest BCUT2D eigenvalue weighted by Gasteiger charge is 2.32. The molecule has 202 valence electrons. The van der Waals surface area contributed by atoms with Crippen LogP contribution in [-0.4, -0.2) is 94.2 Å². The van der Waals surface area contributed by atoms with Gasteiger partial charge in [-0.2, -0.15) is 0 Å². The Bertz CT molecular complexity index is 854. The molecule has 0 radical (unpaired) electrons. The molecule has 4 atom stereocenters. The number of amides is 3. The first-order valence-electron chi connectivity index (χ1n) is 11.3. The molecular weight excluding hydrogens is 482 g/mol. The predicted molar refractivity (Wildman–Crippen MR) is 123 cm³/mol. The number of rotatable bonds is 16. The van der Waals surface area contributed by atoms with Crippen LogP contribution >= 0.6 is 0 Å². The molecule has 0 spiro atoms. The van der Waals surface area contributed by atoms with E-state index in [0.717, 1.165) is 6.42 Å². The zero-order valence-electron chi connectivity index (χ0n) is 19.6. The summed E-state index contributed by atoms with van der Waals surface area (Å²) in [4.78, 5) is 75.3. The van der Waals surface area contributed by atoms with Gasteiger partial charge in [-0.15, -0.1) is 0 Å². The molecule has 3 amide bonds. The summed E-state index contributed by atoms with van der Waals surface area (Å²) in [6.45, 7) is 0.777. The molecule has 1 rings (SSSR count). The van der Waals surface area contributed by atoms with E-state index in [4.69, 9.17) is 16.6 Å². The van der Waals surface area contributed by atoms with Gasteiger partial charge in [0.15, 0.2) is 5.96 Å². The molecule has 1 heterocycles. The Balaban J connectivity index is 2.96. The summed E-state index contributed by atoms with van der Waals surface area (Å²) < 4.78 is 0. The van der Waals surface area contributed by atoms with Gasteiger partial charge in [-0.3, -0.25) is 29.0 Å². The molecule has 0 aliphatic carbocycles. The van der Waals surface area contributed by atoms with Gasteiger partial charge in [0.1, 0.15) is 18.1 Å². The van der Waals surface area contributed by atoms with Crippen molar-refractivity contribution >= 4 is 41.6 Å². The topological polar surface area (TPSA) is 276 Å². The molecular formula is C20H33N7O9. The Kier molecular flexibility index (Phi) is 12.6. The molecule has 16 heteroatoms. The van der Waals surface area contributed by atoms with Crippen LogP contribution in [0.25, 0.3) is 0 Å². The summed E-state index contributed by atoms with van der Waals surface area (Å²) in [6.07, 6.45) is -0.257. The van der Waals surface area contributed by atoms with Gasteiger partial charge in [-0.05, 0) is 38.6 Å². The molecule has 36 heavy (non-hydrogen) atoms. The van der Waals surface area contributed by atoms with Gasteiger partial charge < -0.3 is 48.1 Å². The van der Waals surface area contributed by atoms with Crippen LogP contribution in [0.15, 0.2) is 4.99 Å². The van der Waals surface area contributed by atoms with Crippen LogP contribution < -0.4 is 32.7 Å². The fraction of sp³-hybridized carbons (Fsp3) is 0.650. The third kappa shape index (κ3) is 11.5. The van der Waals surface area contributed by atoms with E-state index in [0.29, 0.717) is 13.0 Å². The fourth-order valence-corrected chi connectivity index (χ4v) is 3.41. The maximum absolute atomic E-state index is 13.0. The van der Waals surface area contributed by atoms with Gasteiger partial charge in [-0.1, -0.05) is 0 Å². The minimum atomic E-state index is -1.69. The number of nitrogens with two attached hydrogens (primary N) is 2. The molecule has 0 bridgehead atoms. The maximum atomic E-state index is 13.0. The van der Waals surface area contributed by atoms with Crippen molar-refractivity contribution in [2.24, 2.45) is 16.5 Å². The lowest BCUT2D eigenvalue weighted by molar-refractivity contribution is -0.144. The van der Waals surface area contributed by atoms with Gasteiger partial charge >= 0.3 is 17.9 Å². The Morgan fingerprint density at radius 2 is 1.53 bits per heavy atom. The highest BCUT2D eigenvalue weighted by atomic mass is 16.4. The van der Waals surface area contributed by atoms with E-state index in [9.17, 15) is 39.0 Å². The van der Waals surface area contributed by atoms with Gasteiger partial charge in [0.05, 0.1) is 12.5 Å². The van der Waals surface area contributed by atoms with E-state index in [-0.39, 0.29) is 25.3 Å². The van der Waals surface area contributed by atoms with Crippen LogP contribution in [0.1, 0.15) is 44.9 Å². The molecule has 16 nitrogen and oxygen atoms in total. The first-order chi connectivity index (χ1) is 16.9. The van der Waals surface area contributed by atoms with Crippen molar-refractivity contribution in [3.8, 4) is 0 Å². The van der Waals surface area contributed by atoms with Crippen molar-refractivity contribution in [2.45, 2.75) is 69.1 Å². The molecule has 0 aromatic heterocycles. The van der Waals surface area contributed by atoms with E-state index in [1.165, 1.54) is 0 Å². The normalized spacial score (nSPS) is 17.2. The van der Waals surface area contributed by atoms with Crippen molar-refractivity contribution in [1.29, 1.82) is 0 Å². The molecule has 0 aromatic rings. The lowest BCUT2D eigenvalue weighted by Crippen LogP contribution is -2.57. The first kappa shape index (κ1) is 30.1. The summed E-state index contributed by atoms with van der Waals surface area (Å²) in [5.41, 5.74) is 10.5. The van der Waals surface area contributed by atoms with E-state index in [1.54, 1.807) is 0 Å². The van der Waals surface area contributed by atoms with Crippen LogP contribution in [0.2, 0.25) is 0 Å². The number of nitrogens with zero attached hydrogens (tertiary/aromatic N) is 1. The molecule has 1 aliphatic heterocycles. The standard InChI is InChI=1S/C20H33N7O9/c21-20(22)24-8-2-4-11(25-16(32)10-3-1-7-23-10)17(33)27-13(9-15(30)31)18(34)26-12(19(35)36)5-6-14(28)29/h10-13,23H,1-9H2,(H,25,32)(H,26,34)(H,27,33)(H,28,29)(H,30,31)(H,35,36)(H4,21,22,24). The van der Waals surface area contributed by atoms with Crippen molar-refractivity contribution in [3.05, 3.63) is 0 Å². The Labute approximate surface area is 206 Å². The second kappa shape index (κ2) is 15.1. The number of carbonyl (C=O) groups is 6. The number of hydrogen-bond acceptors (Lipinski definition) is 8. The highest BCUT2D eigenvalue weighted by Crippen LogP contribution is 2.08. The zero-order valence-corrected chi connectivity index (χ0v) is 19.6. The number of hydrogen-bond donors (Lipinski definition) is 9. The number of guanidine groups is 1. The lowest BCUT2D eigenvalue weighted by atomic mass is 10.1. The zero-order chi connectivity index (χ0) is 27.3. The molecule has 11 N–H and O–H groups in total. The van der Waals surface area contributed by atoms with Crippen LogP contribution in [-0.2, 0) is 28.8 Å². The Morgan fingerprint density at radius 3 is 2.06 bits per heavy atom. The van der Waals surface area contributed by atoms with Gasteiger partial charge in [0.2, 0.25) is 17.7 Å². The van der Waals surface area contributed by atoms with Crippen molar-refractivity contribution in [1.82, 2.24) is 21.3 Å². The fourth-order valence-electron chi connectivity index (χ4n) is 3.41. The average Bonchev–Trinajstić information content (AvgIpc) is 3.32. The second-order valence-corrected chi connectivity index (χ2v) is 8.15. The summed E-state index contributed by atoms with van der Waals surface area (Å²) in [5, 5.41) is 37.0. The minimum absolute atomic E-state index is 0.0544. The van der Waals surface area contributed by atoms with Gasteiger partial charge in [0.25, 0.3) is 0 Å². The smallest absolute Gasteiger partial charge is 0.326 e. The van der Waals surface area contributed by atoms with Crippen LogP contribution in [0.4, 0.5) is 0 Å². The van der Waals surface area contributed by atoms with E-state index in [1.807, 2.05) is 5.32 Å². The van der Waals surface area contributed by atoms with Gasteiger partial charge in [0, 0.05) is 13.0 Å². The van der Waals surface area contributed by atoms with Crippen LogP contribution in [0.3, 0.4) is 0 Å². The predicted octanol–water partition coefficient (Wildman–Crippen LogP) is -3.33. The van der Waals surface area contributed by atoms with Crippen molar-refractivity contribution < 1.29 is 44.1 Å². The SMILES string of the molecule is NC(N)=NCCCC(NC(=O)C1CCCN1)C(=O)NC(CC(=O)O)C(=O)NC(CCC(=O)O)C(=O)O. The number of carboxylic acid groups (broad SMARTS) is 3. The number of carboxylic acids is 3. The third-order valence-electron chi connectivity index (χ3n) is 5.23. The average molecular weight is 516 g/mol. The Hall–Kier alpha value is -3.95. The van der Waals surface area contributed by atoms with Crippen molar-refractivity contribution in [2.75, 3.05) is 13.1 Å². The molecule has 4 unspecified atom stereocenters. The Morgan fingerprint density at radius 1 is 0.889 bits per heavy atom. The number of carbonyl (C=O) groups excluding carboxylic acids is 3. The largest absolute Gasteiger partial charge is 0.481 e. The lowest BCUT2D eigenvalue weighted by Gasteiger charge is -2.24. The number of aliphatic carboxylic acids is 3. The number of nitrogens with one attached hydrogen (secondary N) is 4. The summed E-state index contributed by atoms with van der Waals surface area (Å²) >= 11 is 0. The maximum Gasteiger partial charge on any atom is 0.326 e. The minimum Gasteiger partial charge on any atom is -0.481 e. The molecule has 1 fully saturated rings. The van der Waals surface area contributed by atoms with Crippen molar-refractivity contribution in [3.63, 3.8) is 0 Å². The third-order valence-corrected chi connectivity index (χ3v) is 5.23. The monoisotopic (exact) mass is 515 g/mol. The molecule has 1 saturated heterocycles. The summed E-state index contributed by atoms with van der Waals surface area (Å²) in [5.74, 6) is -6.90. The summed E-state index contributed by atoms with van der Waals surface area (Å²) in [7, 11) is 0. The quantitative estimate of drug-likeness (QED) is 0.0554. The molecule has 0 saturated carbocycles. The van der Waals surface area contributed by atoms with Crippen LogP contribution in [0, 0.1) is 0 Å². The molecule has 1 aliphatic rings. The molecule has 0 aromatic carbocycles. The van der Waals surface area contributed by atoms with E-state index >= 15 is 0 Å². The number of aliphatic imine (C=N–C) groups is 1. The second-order valence-electron chi connectivity index (χ2n) is 8.15. The summed E-state index contributed by atoms with van der Waals surface area (Å²) in [6, 6.07) is -4.99. The van der Waals surface area contributed by atoms with Gasteiger partial charge in [-0.25, -0.2) is 4.79 Å². The highest BCUT2D eigenvalue weighted by molar-refractivity contribution is 5.95. The van der Waals surface area contributed by atoms with Crippen LogP contribution in [0.5, 0.6) is 0 Å². The van der Waals surface area contributed by atoms with E-state index < -0.39 is 79.1 Å². The van der Waals surface area contributed by atoms with E-state index in [2.05, 4.69) is 20.9 Å².